The standard InChI is InChI=1S/C11H20/c1-8-7-11(2,3)10-6-4-5-9(8)10/h8-10H,4-7H2,1-3H3. The van der Waals surface area contributed by atoms with E-state index in [1.54, 1.807) is 0 Å². The number of rotatable bonds is 0. The van der Waals surface area contributed by atoms with Crippen LogP contribution in [0.5, 0.6) is 0 Å². The lowest BCUT2D eigenvalue weighted by molar-refractivity contribution is 0.241. The number of hydrogen-bond acceptors (Lipinski definition) is 0. The minimum absolute atomic E-state index is 0.667. The molecule has 0 saturated heterocycles. The fraction of sp³-hybridized carbons (Fsp3) is 1.00. The van der Waals surface area contributed by atoms with Gasteiger partial charge in [0.15, 0.2) is 0 Å². The third kappa shape index (κ3) is 1.02. The van der Waals surface area contributed by atoms with Crippen LogP contribution in [0.15, 0.2) is 0 Å². The van der Waals surface area contributed by atoms with Crippen LogP contribution < -0.4 is 0 Å². The fourth-order valence-corrected chi connectivity index (χ4v) is 3.77. The summed E-state index contributed by atoms with van der Waals surface area (Å²) in [6.45, 7) is 7.40. The lowest BCUT2D eigenvalue weighted by Gasteiger charge is -2.25. The summed E-state index contributed by atoms with van der Waals surface area (Å²) < 4.78 is 0. The van der Waals surface area contributed by atoms with Crippen LogP contribution in [0, 0.1) is 23.2 Å². The minimum Gasteiger partial charge on any atom is -0.0622 e. The van der Waals surface area contributed by atoms with Crippen molar-refractivity contribution in [2.24, 2.45) is 23.2 Å². The van der Waals surface area contributed by atoms with Crippen molar-refractivity contribution in [1.29, 1.82) is 0 Å². The first-order valence-corrected chi connectivity index (χ1v) is 5.11. The van der Waals surface area contributed by atoms with Crippen molar-refractivity contribution in [2.75, 3.05) is 0 Å². The van der Waals surface area contributed by atoms with Gasteiger partial charge in [-0.05, 0) is 42.4 Å². The van der Waals surface area contributed by atoms with Crippen LogP contribution >= 0.6 is 0 Å². The van der Waals surface area contributed by atoms with Gasteiger partial charge in [-0.2, -0.15) is 0 Å². The minimum atomic E-state index is 0.667. The lowest BCUT2D eigenvalue weighted by Crippen LogP contribution is -2.17. The van der Waals surface area contributed by atoms with Gasteiger partial charge in [-0.1, -0.05) is 27.2 Å². The fourth-order valence-electron chi connectivity index (χ4n) is 3.77. The smallest absolute Gasteiger partial charge is 0.0321 e. The monoisotopic (exact) mass is 152 g/mol. The molecule has 0 radical (unpaired) electrons. The normalized spacial score (nSPS) is 47.7. The van der Waals surface area contributed by atoms with E-state index in [1.165, 1.54) is 25.7 Å². The Hall–Kier alpha value is 0. The van der Waals surface area contributed by atoms with Crippen molar-refractivity contribution in [3.63, 3.8) is 0 Å². The molecule has 2 aliphatic rings. The zero-order valence-electron chi connectivity index (χ0n) is 8.06. The largest absolute Gasteiger partial charge is 0.0622 e. The molecule has 0 aromatic carbocycles. The average molecular weight is 152 g/mol. The van der Waals surface area contributed by atoms with E-state index in [0.29, 0.717) is 5.41 Å². The first-order chi connectivity index (χ1) is 5.11. The first-order valence-electron chi connectivity index (χ1n) is 5.11. The van der Waals surface area contributed by atoms with Gasteiger partial charge in [0.2, 0.25) is 0 Å². The zero-order valence-corrected chi connectivity index (χ0v) is 8.06. The van der Waals surface area contributed by atoms with Gasteiger partial charge in [0.25, 0.3) is 0 Å². The molecule has 2 rings (SSSR count). The molecule has 0 aliphatic heterocycles. The van der Waals surface area contributed by atoms with Crippen LogP contribution in [0.2, 0.25) is 0 Å². The summed E-state index contributed by atoms with van der Waals surface area (Å²) in [4.78, 5) is 0. The summed E-state index contributed by atoms with van der Waals surface area (Å²) in [6, 6.07) is 0. The summed E-state index contributed by atoms with van der Waals surface area (Å²) in [5, 5.41) is 0. The highest BCUT2D eigenvalue weighted by molar-refractivity contribution is 4.97. The second kappa shape index (κ2) is 2.24. The van der Waals surface area contributed by atoms with Gasteiger partial charge in [-0.15, -0.1) is 0 Å². The summed E-state index contributed by atoms with van der Waals surface area (Å²) in [6.07, 6.45) is 6.02. The Morgan fingerprint density at radius 1 is 1.18 bits per heavy atom. The molecule has 0 spiro atoms. The molecule has 3 atom stereocenters. The molecule has 0 aromatic rings. The maximum absolute atomic E-state index is 2.47. The van der Waals surface area contributed by atoms with E-state index < -0.39 is 0 Å². The van der Waals surface area contributed by atoms with Gasteiger partial charge < -0.3 is 0 Å². The van der Waals surface area contributed by atoms with Gasteiger partial charge in [-0.25, -0.2) is 0 Å². The van der Waals surface area contributed by atoms with Crippen molar-refractivity contribution in [3.8, 4) is 0 Å². The van der Waals surface area contributed by atoms with Crippen LogP contribution in [0.25, 0.3) is 0 Å². The van der Waals surface area contributed by atoms with Crippen molar-refractivity contribution >= 4 is 0 Å². The molecule has 3 unspecified atom stereocenters. The quantitative estimate of drug-likeness (QED) is 0.498. The maximum Gasteiger partial charge on any atom is -0.0321 e. The number of hydrogen-bond donors (Lipinski definition) is 0. The van der Waals surface area contributed by atoms with Gasteiger partial charge >= 0.3 is 0 Å². The Labute approximate surface area is 70.4 Å². The van der Waals surface area contributed by atoms with E-state index in [1.807, 2.05) is 0 Å². The average Bonchev–Trinajstić information content (AvgIpc) is 2.37. The molecule has 2 aliphatic carbocycles. The Morgan fingerprint density at radius 3 is 2.55 bits per heavy atom. The summed E-state index contributed by atoms with van der Waals surface area (Å²) >= 11 is 0. The predicted octanol–water partition coefficient (Wildman–Crippen LogP) is 3.47. The third-order valence-electron chi connectivity index (χ3n) is 4.15. The summed E-state index contributed by atoms with van der Waals surface area (Å²) in [5.74, 6) is 3.17. The highest BCUT2D eigenvalue weighted by Crippen LogP contribution is 2.56. The van der Waals surface area contributed by atoms with E-state index in [0.717, 1.165) is 17.8 Å². The Bertz CT molecular complexity index is 157. The molecule has 0 heterocycles. The number of fused-ring (bicyclic) bond motifs is 1. The zero-order chi connectivity index (χ0) is 8.06. The molecule has 64 valence electrons. The molecule has 0 amide bonds. The first kappa shape index (κ1) is 7.64. The molecule has 0 heteroatoms. The second-order valence-electron chi connectivity index (χ2n) is 5.37. The van der Waals surface area contributed by atoms with E-state index in [-0.39, 0.29) is 0 Å². The lowest BCUT2D eigenvalue weighted by atomic mass is 9.80. The van der Waals surface area contributed by atoms with Gasteiger partial charge in [-0.3, -0.25) is 0 Å². The third-order valence-corrected chi connectivity index (χ3v) is 4.15. The van der Waals surface area contributed by atoms with Crippen molar-refractivity contribution in [3.05, 3.63) is 0 Å². The van der Waals surface area contributed by atoms with Crippen molar-refractivity contribution < 1.29 is 0 Å². The van der Waals surface area contributed by atoms with Gasteiger partial charge in [0.05, 0.1) is 0 Å². The summed E-state index contributed by atoms with van der Waals surface area (Å²) in [7, 11) is 0. The molecule has 0 bridgehead atoms. The molecule has 0 N–H and O–H groups in total. The molecule has 2 fully saturated rings. The highest BCUT2D eigenvalue weighted by Gasteiger charge is 2.47. The van der Waals surface area contributed by atoms with Crippen molar-refractivity contribution in [2.45, 2.75) is 46.5 Å². The van der Waals surface area contributed by atoms with Crippen LogP contribution in [-0.4, -0.2) is 0 Å². The van der Waals surface area contributed by atoms with E-state index in [4.69, 9.17) is 0 Å². The van der Waals surface area contributed by atoms with E-state index in [2.05, 4.69) is 20.8 Å². The molecular weight excluding hydrogens is 132 g/mol. The van der Waals surface area contributed by atoms with Crippen LogP contribution in [0.1, 0.15) is 46.5 Å². The molecule has 0 aromatic heterocycles. The Kier molecular flexibility index (Phi) is 1.56. The van der Waals surface area contributed by atoms with Crippen LogP contribution in [0.4, 0.5) is 0 Å². The molecule has 2 saturated carbocycles. The summed E-state index contributed by atoms with van der Waals surface area (Å²) in [5.41, 5.74) is 0.667. The van der Waals surface area contributed by atoms with Crippen LogP contribution in [-0.2, 0) is 0 Å². The maximum atomic E-state index is 2.47. The molecule has 0 nitrogen and oxygen atoms in total. The highest BCUT2D eigenvalue weighted by atomic mass is 14.5. The Balaban J connectivity index is 2.20. The second-order valence-corrected chi connectivity index (χ2v) is 5.37. The van der Waals surface area contributed by atoms with E-state index >= 15 is 0 Å². The SMILES string of the molecule is CC1CC(C)(C)C2CCCC12. The van der Waals surface area contributed by atoms with Crippen molar-refractivity contribution in [1.82, 2.24) is 0 Å². The topological polar surface area (TPSA) is 0 Å². The molecule has 11 heavy (non-hydrogen) atoms. The molecular formula is C11H20. The van der Waals surface area contributed by atoms with E-state index in [9.17, 15) is 0 Å². The predicted molar refractivity (Wildman–Crippen MR) is 48.4 cm³/mol. The Morgan fingerprint density at radius 2 is 1.91 bits per heavy atom. The van der Waals surface area contributed by atoms with Gasteiger partial charge in [0.1, 0.15) is 0 Å². The van der Waals surface area contributed by atoms with Crippen LogP contribution in [0.3, 0.4) is 0 Å². The van der Waals surface area contributed by atoms with Gasteiger partial charge in [0, 0.05) is 0 Å².